The largest absolute Gasteiger partial charge is 0.590 e. The summed E-state index contributed by atoms with van der Waals surface area (Å²) >= 11 is 0. The van der Waals surface area contributed by atoms with Gasteiger partial charge in [0.15, 0.2) is 0 Å². The lowest BCUT2D eigenvalue weighted by molar-refractivity contribution is 0.0828. The molecule has 0 aromatic rings. The van der Waals surface area contributed by atoms with E-state index in [2.05, 4.69) is 6.92 Å². The molecular formula is C8H13O5P. The topological polar surface area (TPSA) is 54.0 Å². The monoisotopic (exact) mass is 220 g/mol. The highest BCUT2D eigenvalue weighted by molar-refractivity contribution is 7.49. The van der Waals surface area contributed by atoms with Gasteiger partial charge in [-0.1, -0.05) is 19.8 Å². The maximum absolute atomic E-state index is 11.3. The summed E-state index contributed by atoms with van der Waals surface area (Å²) in [4.78, 5) is 0. The molecule has 1 saturated heterocycles. The van der Waals surface area contributed by atoms with E-state index in [1.165, 1.54) is 0 Å². The predicted octanol–water partition coefficient (Wildman–Crippen LogP) is 2.55. The van der Waals surface area contributed by atoms with Crippen LogP contribution in [0.25, 0.3) is 0 Å². The number of hydrogen-bond donors (Lipinski definition) is 0. The number of unbranched alkanes of at least 4 members (excludes halogenated alkanes) is 2. The van der Waals surface area contributed by atoms with Crippen molar-refractivity contribution < 1.29 is 22.9 Å². The summed E-state index contributed by atoms with van der Waals surface area (Å²) in [5.41, 5.74) is 0. The number of phosphoric ester groups is 1. The van der Waals surface area contributed by atoms with Gasteiger partial charge >= 0.3 is 13.8 Å². The summed E-state index contributed by atoms with van der Waals surface area (Å²) in [5.74, 6) is 0.667. The molecule has 2 bridgehead atoms. The molecule has 0 spiro atoms. The molecule has 1 fully saturated rings. The minimum atomic E-state index is -3.29. The highest BCUT2D eigenvalue weighted by Crippen LogP contribution is 2.63. The van der Waals surface area contributed by atoms with Crippen LogP contribution in [0.2, 0.25) is 0 Å². The van der Waals surface area contributed by atoms with Crippen LogP contribution in [0, 0.1) is 0 Å². The van der Waals surface area contributed by atoms with Crippen LogP contribution in [0.15, 0.2) is 11.7 Å². The quantitative estimate of drug-likeness (QED) is 0.526. The first-order valence-electron chi connectivity index (χ1n) is 4.73. The van der Waals surface area contributed by atoms with Crippen molar-refractivity contribution in [3.63, 3.8) is 0 Å². The molecule has 2 aliphatic heterocycles. The Morgan fingerprint density at radius 3 is 2.86 bits per heavy atom. The van der Waals surface area contributed by atoms with E-state index in [1.54, 1.807) is 0 Å². The first kappa shape index (κ1) is 9.87. The van der Waals surface area contributed by atoms with Crippen molar-refractivity contribution in [2.75, 3.05) is 13.2 Å². The van der Waals surface area contributed by atoms with Gasteiger partial charge in [-0.15, -0.1) is 0 Å². The second kappa shape index (κ2) is 3.83. The molecule has 0 N–H and O–H groups in total. The van der Waals surface area contributed by atoms with E-state index in [1.807, 2.05) is 0 Å². The average Bonchev–Trinajstić information content (AvgIpc) is 2.67. The van der Waals surface area contributed by atoms with E-state index in [0.717, 1.165) is 19.3 Å². The second-order valence-electron chi connectivity index (χ2n) is 3.17. The van der Waals surface area contributed by atoms with E-state index in [0.29, 0.717) is 12.4 Å². The van der Waals surface area contributed by atoms with Crippen molar-refractivity contribution in [2.24, 2.45) is 0 Å². The zero-order valence-electron chi connectivity index (χ0n) is 8.02. The average molecular weight is 220 g/mol. The van der Waals surface area contributed by atoms with Crippen LogP contribution in [0.5, 0.6) is 0 Å². The van der Waals surface area contributed by atoms with Gasteiger partial charge in [-0.25, -0.2) is 4.57 Å². The third-order valence-electron chi connectivity index (χ3n) is 1.98. The number of phosphoric acid groups is 1. The smallest absolute Gasteiger partial charge is 0.463 e. The molecule has 14 heavy (non-hydrogen) atoms. The highest BCUT2D eigenvalue weighted by atomic mass is 31.2. The Bertz CT molecular complexity index is 298. The highest BCUT2D eigenvalue weighted by Gasteiger charge is 2.49. The molecule has 2 aliphatic rings. The standard InChI is InChI=1S/C8H13O5P/c1-2-3-4-5-10-8-7-6-11-14(9,12-7)13-8/h2-6H2,1H3. The molecule has 6 heteroatoms. The van der Waals surface area contributed by atoms with E-state index in [-0.39, 0.29) is 12.6 Å². The van der Waals surface area contributed by atoms with Crippen molar-refractivity contribution >= 4 is 7.82 Å². The number of ether oxygens (including phenoxy) is 1. The van der Waals surface area contributed by atoms with Crippen molar-refractivity contribution in [1.29, 1.82) is 0 Å². The summed E-state index contributed by atoms with van der Waals surface area (Å²) in [6.07, 6.45) is 3.20. The van der Waals surface area contributed by atoms with Gasteiger partial charge in [-0.2, -0.15) is 0 Å². The van der Waals surface area contributed by atoms with E-state index in [4.69, 9.17) is 18.3 Å². The normalized spacial score (nSPS) is 28.9. The van der Waals surface area contributed by atoms with E-state index in [9.17, 15) is 4.57 Å². The van der Waals surface area contributed by atoms with Crippen LogP contribution in [0.1, 0.15) is 26.2 Å². The summed E-state index contributed by atoms with van der Waals surface area (Å²) in [6.45, 7) is 2.88. The number of rotatable bonds is 5. The third kappa shape index (κ3) is 1.88. The van der Waals surface area contributed by atoms with Crippen LogP contribution in [-0.4, -0.2) is 13.2 Å². The van der Waals surface area contributed by atoms with Crippen LogP contribution in [-0.2, 0) is 22.9 Å². The third-order valence-corrected chi connectivity index (χ3v) is 3.26. The van der Waals surface area contributed by atoms with E-state index >= 15 is 0 Å². The lowest BCUT2D eigenvalue weighted by atomic mass is 10.3. The molecule has 5 nitrogen and oxygen atoms in total. The Labute approximate surface area is 82.6 Å². The Morgan fingerprint density at radius 1 is 1.43 bits per heavy atom. The van der Waals surface area contributed by atoms with Gasteiger partial charge in [-0.05, 0) is 6.42 Å². The Morgan fingerprint density at radius 2 is 2.29 bits per heavy atom. The van der Waals surface area contributed by atoms with Gasteiger partial charge in [0.25, 0.3) is 0 Å². The summed E-state index contributed by atoms with van der Waals surface area (Å²) in [7, 11) is -3.29. The fourth-order valence-electron chi connectivity index (χ4n) is 1.24. The fraction of sp³-hybridized carbons (Fsp3) is 0.750. The van der Waals surface area contributed by atoms with Crippen LogP contribution in [0.4, 0.5) is 0 Å². The summed E-state index contributed by atoms with van der Waals surface area (Å²) < 4.78 is 31.2. The minimum Gasteiger partial charge on any atom is -0.463 e. The zero-order valence-corrected chi connectivity index (χ0v) is 8.92. The molecule has 1 atom stereocenters. The first-order chi connectivity index (χ1) is 6.73. The van der Waals surface area contributed by atoms with Gasteiger partial charge in [0, 0.05) is 0 Å². The molecular weight excluding hydrogens is 207 g/mol. The van der Waals surface area contributed by atoms with Crippen LogP contribution >= 0.6 is 7.82 Å². The Hall–Kier alpha value is -0.670. The predicted molar refractivity (Wildman–Crippen MR) is 48.2 cm³/mol. The lowest BCUT2D eigenvalue weighted by Gasteiger charge is -2.10. The molecule has 0 radical (unpaired) electrons. The molecule has 0 saturated carbocycles. The Kier molecular flexibility index (Phi) is 2.70. The lowest BCUT2D eigenvalue weighted by Crippen LogP contribution is -2.02. The number of fused-ring (bicyclic) bond motifs is 2. The van der Waals surface area contributed by atoms with Gasteiger partial charge in [-0.3, -0.25) is 4.52 Å². The van der Waals surface area contributed by atoms with E-state index < -0.39 is 7.82 Å². The minimum absolute atomic E-state index is 0.195. The SMILES string of the molecule is CCCCCOC1=C2COP(=O)(O2)O1. The molecule has 0 aromatic heterocycles. The van der Waals surface area contributed by atoms with Gasteiger partial charge in [0.1, 0.15) is 6.61 Å². The van der Waals surface area contributed by atoms with Crippen LogP contribution in [0.3, 0.4) is 0 Å². The molecule has 0 amide bonds. The Balaban J connectivity index is 1.80. The molecule has 2 rings (SSSR count). The van der Waals surface area contributed by atoms with Crippen molar-refractivity contribution in [3.8, 4) is 0 Å². The van der Waals surface area contributed by atoms with Gasteiger partial charge in [0.2, 0.25) is 5.76 Å². The van der Waals surface area contributed by atoms with Gasteiger partial charge in [0.05, 0.1) is 6.61 Å². The molecule has 0 aliphatic carbocycles. The van der Waals surface area contributed by atoms with Crippen molar-refractivity contribution in [2.45, 2.75) is 26.2 Å². The molecule has 80 valence electrons. The van der Waals surface area contributed by atoms with Gasteiger partial charge < -0.3 is 13.8 Å². The molecule has 1 unspecified atom stereocenters. The fourth-order valence-corrected chi connectivity index (χ4v) is 2.42. The maximum atomic E-state index is 11.3. The maximum Gasteiger partial charge on any atom is 0.590 e. The number of hydrogen-bond acceptors (Lipinski definition) is 5. The summed E-state index contributed by atoms with van der Waals surface area (Å²) in [6, 6.07) is 0. The van der Waals surface area contributed by atoms with Crippen molar-refractivity contribution in [3.05, 3.63) is 11.7 Å². The summed E-state index contributed by atoms with van der Waals surface area (Å²) in [5, 5.41) is 0. The zero-order chi connectivity index (χ0) is 10.0. The molecule has 2 heterocycles. The second-order valence-corrected chi connectivity index (χ2v) is 4.69. The van der Waals surface area contributed by atoms with Crippen LogP contribution < -0.4 is 0 Å². The van der Waals surface area contributed by atoms with Crippen molar-refractivity contribution in [1.82, 2.24) is 0 Å². The first-order valence-corrected chi connectivity index (χ1v) is 6.19. The molecule has 0 aromatic carbocycles.